The number of nitrogens with zero attached hydrogens (tertiary/aromatic N) is 2. The van der Waals surface area contributed by atoms with Crippen LogP contribution >= 0.6 is 12.4 Å². The van der Waals surface area contributed by atoms with E-state index < -0.39 is 0 Å². The number of hydrogen-bond donors (Lipinski definition) is 2. The predicted molar refractivity (Wildman–Crippen MR) is 113 cm³/mol. The van der Waals surface area contributed by atoms with Crippen molar-refractivity contribution < 1.29 is 4.79 Å². The minimum absolute atomic E-state index is 0. The van der Waals surface area contributed by atoms with Gasteiger partial charge in [-0.2, -0.15) is 5.10 Å². The molecule has 4 rings (SSSR count). The van der Waals surface area contributed by atoms with Crippen LogP contribution in [0.3, 0.4) is 0 Å². The Bertz CT molecular complexity index is 979. The Morgan fingerprint density at radius 3 is 2.46 bits per heavy atom. The quantitative estimate of drug-likeness (QED) is 0.693. The Labute approximate surface area is 171 Å². The van der Waals surface area contributed by atoms with E-state index >= 15 is 0 Å². The Kier molecular flexibility index (Phi) is 6.17. The van der Waals surface area contributed by atoms with E-state index in [-0.39, 0.29) is 18.3 Å². The molecule has 2 N–H and O–H groups in total. The predicted octanol–water partition coefficient (Wildman–Crippen LogP) is 3.50. The first-order valence-electron chi connectivity index (χ1n) is 9.28. The van der Waals surface area contributed by atoms with Crippen LogP contribution in [0.25, 0.3) is 0 Å². The number of rotatable bonds is 5. The smallest absolute Gasteiger partial charge is 0.251 e. The van der Waals surface area contributed by atoms with Gasteiger partial charge in [-0.05, 0) is 54.3 Å². The zero-order chi connectivity index (χ0) is 18.8. The third kappa shape index (κ3) is 4.43. The highest BCUT2D eigenvalue weighted by molar-refractivity contribution is 5.94. The fourth-order valence-corrected chi connectivity index (χ4v) is 3.51. The maximum absolute atomic E-state index is 12.4. The van der Waals surface area contributed by atoms with Crippen LogP contribution in [0.2, 0.25) is 0 Å². The second-order valence-electron chi connectivity index (χ2n) is 7.17. The van der Waals surface area contributed by atoms with E-state index in [1.165, 1.54) is 11.1 Å². The monoisotopic (exact) mass is 396 g/mol. The number of carbonyl (C=O) groups excluding carboxylic acids is 1. The molecule has 0 saturated carbocycles. The molecule has 1 aliphatic rings. The van der Waals surface area contributed by atoms with E-state index in [4.69, 9.17) is 0 Å². The van der Waals surface area contributed by atoms with Crippen LogP contribution in [-0.2, 0) is 26.2 Å². The minimum Gasteiger partial charge on any atom is -0.348 e. The summed E-state index contributed by atoms with van der Waals surface area (Å²) in [6.45, 7) is 7.15. The number of amides is 1. The highest BCUT2D eigenvalue weighted by Gasteiger charge is 2.11. The summed E-state index contributed by atoms with van der Waals surface area (Å²) >= 11 is 0. The average molecular weight is 397 g/mol. The summed E-state index contributed by atoms with van der Waals surface area (Å²) < 4.78 is 1.98. The van der Waals surface area contributed by atoms with Gasteiger partial charge in [0.1, 0.15) is 0 Å². The van der Waals surface area contributed by atoms with Gasteiger partial charge < -0.3 is 10.6 Å². The van der Waals surface area contributed by atoms with Crippen LogP contribution in [0.1, 0.15) is 44.0 Å². The molecule has 0 fully saturated rings. The van der Waals surface area contributed by atoms with Gasteiger partial charge in [0.05, 0.1) is 12.2 Å². The Morgan fingerprint density at radius 2 is 1.75 bits per heavy atom. The summed E-state index contributed by atoms with van der Waals surface area (Å²) in [4.78, 5) is 12.4. The highest BCUT2D eigenvalue weighted by Crippen LogP contribution is 2.17. The lowest BCUT2D eigenvalue weighted by atomic mass is 10.1. The molecule has 28 heavy (non-hydrogen) atoms. The summed E-state index contributed by atoms with van der Waals surface area (Å²) in [7, 11) is 0. The molecule has 2 aromatic carbocycles. The Morgan fingerprint density at radius 1 is 1.04 bits per heavy atom. The van der Waals surface area contributed by atoms with Crippen molar-refractivity contribution in [3.8, 4) is 0 Å². The third-order valence-electron chi connectivity index (χ3n) is 5.01. The molecule has 0 radical (unpaired) electrons. The second kappa shape index (κ2) is 8.59. The number of fused-ring (bicyclic) bond motifs is 1. The maximum atomic E-state index is 12.4. The first kappa shape index (κ1) is 20.1. The fourth-order valence-electron chi connectivity index (χ4n) is 3.51. The first-order valence-corrected chi connectivity index (χ1v) is 9.28. The standard InChI is InChI=1S/C22H24N4O.ClH/c1-15-9-16(2)26(25-15)14-17-3-6-19(7-4-17)22(27)24-11-18-5-8-20-12-23-13-21(20)10-18;/h3-10,23H,11-14H2,1-2H3,(H,24,27);1H. The van der Waals surface area contributed by atoms with Crippen molar-refractivity contribution >= 4 is 18.3 Å². The number of halogens is 1. The number of carbonyl (C=O) groups is 1. The molecule has 1 amide bonds. The molecular formula is C22H25ClN4O. The van der Waals surface area contributed by atoms with E-state index in [9.17, 15) is 4.79 Å². The Balaban J connectivity index is 0.00000225. The van der Waals surface area contributed by atoms with Gasteiger partial charge in [-0.25, -0.2) is 0 Å². The van der Waals surface area contributed by atoms with Gasteiger partial charge in [0.25, 0.3) is 5.91 Å². The lowest BCUT2D eigenvalue weighted by Gasteiger charge is -2.09. The summed E-state index contributed by atoms with van der Waals surface area (Å²) in [5, 5.41) is 10.8. The molecule has 0 saturated heterocycles. The summed E-state index contributed by atoms with van der Waals surface area (Å²) in [5.74, 6) is -0.0497. The van der Waals surface area contributed by atoms with Crippen molar-refractivity contribution in [1.29, 1.82) is 0 Å². The molecule has 3 aromatic rings. The number of benzene rings is 2. The molecule has 6 heteroatoms. The van der Waals surface area contributed by atoms with Gasteiger partial charge in [0.2, 0.25) is 0 Å². The summed E-state index contributed by atoms with van der Waals surface area (Å²) in [6, 6.07) is 16.2. The molecule has 2 heterocycles. The summed E-state index contributed by atoms with van der Waals surface area (Å²) in [6.07, 6.45) is 0. The van der Waals surface area contributed by atoms with Crippen molar-refractivity contribution in [2.45, 2.75) is 40.0 Å². The number of aromatic nitrogens is 2. The van der Waals surface area contributed by atoms with Gasteiger partial charge in [-0.3, -0.25) is 9.48 Å². The minimum atomic E-state index is -0.0497. The van der Waals surface area contributed by atoms with E-state index in [0.29, 0.717) is 18.7 Å². The van der Waals surface area contributed by atoms with Crippen LogP contribution in [-0.4, -0.2) is 15.7 Å². The van der Waals surface area contributed by atoms with Gasteiger partial charge in [-0.15, -0.1) is 12.4 Å². The molecule has 0 spiro atoms. The van der Waals surface area contributed by atoms with Gasteiger partial charge >= 0.3 is 0 Å². The van der Waals surface area contributed by atoms with Crippen molar-refractivity contribution in [3.63, 3.8) is 0 Å². The number of hydrogen-bond acceptors (Lipinski definition) is 3. The van der Waals surface area contributed by atoms with Crippen molar-refractivity contribution in [1.82, 2.24) is 20.4 Å². The lowest BCUT2D eigenvalue weighted by Crippen LogP contribution is -2.22. The van der Waals surface area contributed by atoms with E-state index in [1.54, 1.807) is 0 Å². The van der Waals surface area contributed by atoms with Crippen molar-refractivity contribution in [3.05, 3.63) is 87.7 Å². The Hall–Kier alpha value is -2.63. The molecule has 1 aliphatic heterocycles. The summed E-state index contributed by atoms with van der Waals surface area (Å²) in [5.41, 5.74) is 7.77. The van der Waals surface area contributed by atoms with Crippen LogP contribution in [0.4, 0.5) is 0 Å². The number of nitrogens with one attached hydrogen (secondary N) is 2. The van der Waals surface area contributed by atoms with Crippen LogP contribution in [0, 0.1) is 13.8 Å². The zero-order valence-electron chi connectivity index (χ0n) is 16.2. The molecule has 0 aliphatic carbocycles. The van der Waals surface area contributed by atoms with Crippen molar-refractivity contribution in [2.24, 2.45) is 0 Å². The SMILES string of the molecule is Cc1cc(C)n(Cc2ccc(C(=O)NCc3ccc4c(c3)CNC4)cc2)n1.Cl. The van der Waals surface area contributed by atoms with E-state index in [1.807, 2.05) is 35.9 Å². The third-order valence-corrected chi connectivity index (χ3v) is 5.01. The molecule has 0 bridgehead atoms. The lowest BCUT2D eigenvalue weighted by molar-refractivity contribution is 0.0951. The second-order valence-corrected chi connectivity index (χ2v) is 7.17. The first-order chi connectivity index (χ1) is 13.1. The molecule has 0 unspecified atom stereocenters. The fraction of sp³-hybridized carbons (Fsp3) is 0.273. The van der Waals surface area contributed by atoms with Gasteiger partial charge in [0.15, 0.2) is 0 Å². The van der Waals surface area contributed by atoms with Crippen LogP contribution in [0.5, 0.6) is 0 Å². The van der Waals surface area contributed by atoms with Crippen molar-refractivity contribution in [2.75, 3.05) is 0 Å². The molecule has 146 valence electrons. The molecule has 0 atom stereocenters. The highest BCUT2D eigenvalue weighted by atomic mass is 35.5. The molecule has 1 aromatic heterocycles. The normalized spacial score (nSPS) is 12.4. The molecular weight excluding hydrogens is 372 g/mol. The van der Waals surface area contributed by atoms with E-state index in [2.05, 4.69) is 46.9 Å². The molecule has 5 nitrogen and oxygen atoms in total. The van der Waals surface area contributed by atoms with E-state index in [0.717, 1.165) is 35.6 Å². The average Bonchev–Trinajstić information content (AvgIpc) is 3.25. The van der Waals surface area contributed by atoms with Crippen LogP contribution in [0.15, 0.2) is 48.5 Å². The zero-order valence-corrected chi connectivity index (χ0v) is 17.0. The topological polar surface area (TPSA) is 59.0 Å². The number of aryl methyl sites for hydroxylation is 2. The van der Waals surface area contributed by atoms with Gasteiger partial charge in [-0.1, -0.05) is 30.3 Å². The van der Waals surface area contributed by atoms with Gasteiger partial charge in [0, 0.05) is 30.9 Å². The van der Waals surface area contributed by atoms with Crippen LogP contribution < -0.4 is 10.6 Å². The largest absolute Gasteiger partial charge is 0.348 e. The maximum Gasteiger partial charge on any atom is 0.251 e.